The average molecular weight is 655 g/mol. The molecule has 3 aromatic heterocycles. The molecule has 0 saturated carbocycles. The molecule has 0 aliphatic heterocycles. The first-order valence-electron chi connectivity index (χ1n) is 12.7. The zero-order chi connectivity index (χ0) is 32.9. The van der Waals surface area contributed by atoms with Gasteiger partial charge in [0.2, 0.25) is 5.65 Å². The molecule has 0 bridgehead atoms. The van der Waals surface area contributed by atoms with Crippen LogP contribution in [-0.4, -0.2) is 60.5 Å². The molecule has 5 rings (SSSR count). The third-order valence-electron chi connectivity index (χ3n) is 6.42. The van der Waals surface area contributed by atoms with Gasteiger partial charge in [0.15, 0.2) is 17.3 Å². The fraction of sp³-hybridized carbons (Fsp3) is 0.200. The van der Waals surface area contributed by atoms with E-state index < -0.39 is 46.1 Å². The average Bonchev–Trinajstić information content (AvgIpc) is 3.63. The SMILES string of the molecule is CC(C)(C)c1[nH]n2nc(Cc3ccc([N+](=O)[O-])cc3)nc2c1N=Nc1c(C#N)cnn1-c1cc(S(=O)(=O)O)ccc1S(=O)(=O)O. The minimum absolute atomic E-state index is 0.0643. The van der Waals surface area contributed by atoms with Crippen molar-refractivity contribution in [1.82, 2.24) is 29.6 Å². The van der Waals surface area contributed by atoms with Gasteiger partial charge >= 0.3 is 0 Å². The van der Waals surface area contributed by atoms with Crippen molar-refractivity contribution in [1.29, 1.82) is 5.26 Å². The Bertz CT molecular complexity index is 2270. The number of nitrogens with zero attached hydrogens (tertiary/aromatic N) is 9. The summed E-state index contributed by atoms with van der Waals surface area (Å²) >= 11 is 0. The lowest BCUT2D eigenvalue weighted by Gasteiger charge is -2.16. The van der Waals surface area contributed by atoms with Gasteiger partial charge in [-0.25, -0.2) is 9.67 Å². The largest absolute Gasteiger partial charge is 0.296 e. The molecular formula is C25H22N10O8S2. The smallest absolute Gasteiger partial charge is 0.282 e. The van der Waals surface area contributed by atoms with Gasteiger partial charge in [0.05, 0.1) is 27.4 Å². The van der Waals surface area contributed by atoms with E-state index in [0.717, 1.165) is 29.1 Å². The highest BCUT2D eigenvalue weighted by Crippen LogP contribution is 2.36. The van der Waals surface area contributed by atoms with E-state index in [9.17, 15) is 41.3 Å². The second-order valence-corrected chi connectivity index (χ2v) is 13.4. The van der Waals surface area contributed by atoms with E-state index in [-0.39, 0.29) is 34.8 Å². The highest BCUT2D eigenvalue weighted by Gasteiger charge is 2.27. The number of nitriles is 1. The van der Waals surface area contributed by atoms with Crippen molar-refractivity contribution in [2.24, 2.45) is 10.2 Å². The second-order valence-electron chi connectivity index (χ2n) is 10.6. The molecule has 3 N–H and O–H groups in total. The monoisotopic (exact) mass is 654 g/mol. The van der Waals surface area contributed by atoms with Gasteiger partial charge in [-0.3, -0.25) is 24.3 Å². The number of azo groups is 1. The Morgan fingerprint density at radius 3 is 2.33 bits per heavy atom. The zero-order valence-electron chi connectivity index (χ0n) is 23.5. The topological polar surface area (TPSA) is 264 Å². The van der Waals surface area contributed by atoms with Gasteiger partial charge in [0, 0.05) is 24.0 Å². The van der Waals surface area contributed by atoms with Crippen molar-refractivity contribution in [2.75, 3.05) is 0 Å². The quantitative estimate of drug-likeness (QED) is 0.0933. The van der Waals surface area contributed by atoms with E-state index in [1.54, 1.807) is 12.1 Å². The third kappa shape index (κ3) is 6.18. The van der Waals surface area contributed by atoms with Crippen LogP contribution in [0.5, 0.6) is 0 Å². The van der Waals surface area contributed by atoms with Crippen LogP contribution in [0.25, 0.3) is 11.3 Å². The minimum Gasteiger partial charge on any atom is -0.282 e. The summed E-state index contributed by atoms with van der Waals surface area (Å²) < 4.78 is 69.3. The van der Waals surface area contributed by atoms with Gasteiger partial charge in [0.1, 0.15) is 16.5 Å². The summed E-state index contributed by atoms with van der Waals surface area (Å²) in [6.07, 6.45) is 1.25. The van der Waals surface area contributed by atoms with E-state index in [4.69, 9.17) is 0 Å². The maximum Gasteiger partial charge on any atom is 0.296 e. The predicted octanol–water partition coefficient (Wildman–Crippen LogP) is 3.82. The summed E-state index contributed by atoms with van der Waals surface area (Å²) in [5, 5.41) is 40.7. The Morgan fingerprint density at radius 2 is 1.76 bits per heavy atom. The van der Waals surface area contributed by atoms with Crippen LogP contribution >= 0.6 is 0 Å². The van der Waals surface area contributed by atoms with E-state index >= 15 is 0 Å². The zero-order valence-corrected chi connectivity index (χ0v) is 25.1. The van der Waals surface area contributed by atoms with Crippen molar-refractivity contribution < 1.29 is 30.9 Å². The Kier molecular flexibility index (Phi) is 7.58. The first-order chi connectivity index (χ1) is 21.0. The maximum atomic E-state index is 12.1. The first kappa shape index (κ1) is 31.1. The third-order valence-corrected chi connectivity index (χ3v) is 8.17. The van der Waals surface area contributed by atoms with E-state index in [1.165, 1.54) is 16.8 Å². The van der Waals surface area contributed by atoms with Crippen LogP contribution in [0.15, 0.2) is 68.7 Å². The Hall–Kier alpha value is -5.36. The number of nitro benzene ring substituents is 1. The van der Waals surface area contributed by atoms with Crippen molar-refractivity contribution in [3.63, 3.8) is 0 Å². The number of nitro groups is 1. The summed E-state index contributed by atoms with van der Waals surface area (Å²) in [6.45, 7) is 5.62. The minimum atomic E-state index is -4.95. The molecule has 2 aromatic carbocycles. The van der Waals surface area contributed by atoms with Crippen LogP contribution in [0.1, 0.15) is 43.4 Å². The molecule has 232 valence electrons. The molecule has 3 heterocycles. The molecule has 18 nitrogen and oxygen atoms in total. The van der Waals surface area contributed by atoms with Gasteiger partial charge < -0.3 is 0 Å². The molecule has 20 heteroatoms. The van der Waals surface area contributed by atoms with Crippen molar-refractivity contribution >= 4 is 43.1 Å². The number of aromatic nitrogens is 6. The van der Waals surface area contributed by atoms with Crippen LogP contribution < -0.4 is 0 Å². The number of H-pyrrole nitrogens is 1. The predicted molar refractivity (Wildman–Crippen MR) is 154 cm³/mol. The number of benzene rings is 2. The van der Waals surface area contributed by atoms with Gasteiger partial charge in [-0.15, -0.1) is 15.3 Å². The van der Waals surface area contributed by atoms with Gasteiger partial charge in [-0.2, -0.15) is 31.8 Å². The molecule has 45 heavy (non-hydrogen) atoms. The normalized spacial score (nSPS) is 12.6. The summed E-state index contributed by atoms with van der Waals surface area (Å²) in [4.78, 5) is 13.5. The summed E-state index contributed by atoms with van der Waals surface area (Å²) in [5.41, 5.74) is 0.311. The van der Waals surface area contributed by atoms with Gasteiger partial charge in [-0.1, -0.05) is 32.9 Å². The number of hydrogen-bond donors (Lipinski definition) is 3. The second kappa shape index (κ2) is 11.0. The highest BCUT2D eigenvalue weighted by molar-refractivity contribution is 7.86. The molecule has 0 fully saturated rings. The fourth-order valence-corrected chi connectivity index (χ4v) is 5.45. The fourth-order valence-electron chi connectivity index (χ4n) is 4.30. The number of rotatable bonds is 8. The van der Waals surface area contributed by atoms with Crippen molar-refractivity contribution in [3.8, 4) is 11.8 Å². The van der Waals surface area contributed by atoms with Crippen molar-refractivity contribution in [2.45, 2.75) is 42.4 Å². The van der Waals surface area contributed by atoms with Crippen LogP contribution in [-0.2, 0) is 32.1 Å². The molecule has 0 amide bonds. The lowest BCUT2D eigenvalue weighted by Crippen LogP contribution is -2.12. The standard InChI is InChI=1S/C25H22N10O8S2/c1-25(2,3)22-21(24-28-20(31-34(24)32-22)10-14-4-6-16(7-5-14)35(36)37)29-30-23-15(12-26)13-27-33(23)18-11-17(44(38,39)40)8-9-19(18)45(41,42)43/h4-9,11,13,32H,10H2,1-3H3,(H,38,39,40)(H,41,42,43). The molecule has 0 saturated heterocycles. The number of nitrogens with one attached hydrogen (secondary N) is 1. The number of fused-ring (bicyclic) bond motifs is 1. The van der Waals surface area contributed by atoms with Crippen LogP contribution in [0, 0.1) is 21.4 Å². The van der Waals surface area contributed by atoms with E-state index in [1.807, 2.05) is 26.8 Å². The lowest BCUT2D eigenvalue weighted by molar-refractivity contribution is -0.384. The number of aromatic amines is 1. The van der Waals surface area contributed by atoms with E-state index in [2.05, 4.69) is 30.5 Å². The summed E-state index contributed by atoms with van der Waals surface area (Å²) in [6, 6.07) is 9.99. The number of hydrogen-bond acceptors (Lipinski definition) is 12. The van der Waals surface area contributed by atoms with Gasteiger partial charge in [-0.05, 0) is 23.8 Å². The molecule has 0 atom stereocenters. The molecular weight excluding hydrogens is 632 g/mol. The van der Waals surface area contributed by atoms with E-state index in [0.29, 0.717) is 17.1 Å². The molecule has 0 spiro atoms. The molecule has 0 aliphatic carbocycles. The highest BCUT2D eigenvalue weighted by atomic mass is 32.2. The summed E-state index contributed by atoms with van der Waals surface area (Å²) in [7, 11) is -9.77. The lowest BCUT2D eigenvalue weighted by atomic mass is 9.91. The van der Waals surface area contributed by atoms with Crippen LogP contribution in [0.3, 0.4) is 0 Å². The van der Waals surface area contributed by atoms with Crippen LogP contribution in [0.2, 0.25) is 0 Å². The first-order valence-corrected chi connectivity index (χ1v) is 15.6. The Balaban J connectivity index is 1.63. The van der Waals surface area contributed by atoms with Crippen LogP contribution in [0.4, 0.5) is 17.2 Å². The Labute approximate surface area is 254 Å². The molecule has 0 aliphatic rings. The molecule has 0 unspecified atom stereocenters. The Morgan fingerprint density at radius 1 is 1.07 bits per heavy atom. The number of non-ortho nitro benzene ring substituents is 1. The van der Waals surface area contributed by atoms with Gasteiger partial charge in [0.25, 0.3) is 25.9 Å². The molecule has 0 radical (unpaired) electrons. The summed E-state index contributed by atoms with van der Waals surface area (Å²) in [5.74, 6) is 0.00862. The molecule has 5 aromatic rings. The maximum absolute atomic E-state index is 12.1. The van der Waals surface area contributed by atoms with Crippen molar-refractivity contribution in [3.05, 3.63) is 81.4 Å².